The van der Waals surface area contributed by atoms with Gasteiger partial charge in [0.05, 0.1) is 16.3 Å². The number of halogens is 2. The first-order chi connectivity index (χ1) is 14.4. The Bertz CT molecular complexity index is 1090. The van der Waals surface area contributed by atoms with Gasteiger partial charge in [-0.05, 0) is 45.8 Å². The normalized spacial score (nSPS) is 19.0. The zero-order chi connectivity index (χ0) is 21.4. The molecule has 2 aliphatic rings. The van der Waals surface area contributed by atoms with Gasteiger partial charge in [-0.3, -0.25) is 14.5 Å². The van der Waals surface area contributed by atoms with Gasteiger partial charge >= 0.3 is 0 Å². The number of nitrogens with one attached hydrogen (secondary N) is 2. The largest absolute Gasteiger partial charge is 0.371 e. The molecule has 1 fully saturated rings. The lowest BCUT2D eigenvalue weighted by atomic mass is 10.0. The lowest BCUT2D eigenvalue weighted by molar-refractivity contribution is -0.140. The van der Waals surface area contributed by atoms with Crippen molar-refractivity contribution in [2.75, 3.05) is 12.1 Å². The van der Waals surface area contributed by atoms with E-state index >= 15 is 0 Å². The Kier molecular flexibility index (Phi) is 5.90. The summed E-state index contributed by atoms with van der Waals surface area (Å²) in [7, 11) is 0. The fraction of sp³-hybridized carbons (Fsp3) is 0.150. The number of carbonyl (C=O) groups excluding carboxylic acids is 2. The van der Waals surface area contributed by atoms with Gasteiger partial charge in [-0.15, -0.1) is 0 Å². The number of thiocarbonyl (C=S) groups is 1. The van der Waals surface area contributed by atoms with Crippen molar-refractivity contribution in [3.63, 3.8) is 0 Å². The lowest BCUT2D eigenvalue weighted by Gasteiger charge is -2.25. The maximum Gasteiger partial charge on any atom is 0.279 e. The molecule has 0 aliphatic carbocycles. The first-order valence-electron chi connectivity index (χ1n) is 8.86. The van der Waals surface area contributed by atoms with E-state index in [-0.39, 0.29) is 16.4 Å². The third-order valence-corrected chi connectivity index (χ3v) is 6.24. The van der Waals surface area contributed by atoms with Crippen molar-refractivity contribution in [2.24, 2.45) is 0 Å². The van der Waals surface area contributed by atoms with Gasteiger partial charge in [0.15, 0.2) is 5.11 Å². The van der Waals surface area contributed by atoms with E-state index in [0.717, 1.165) is 5.56 Å². The molecule has 1 atom stereocenters. The van der Waals surface area contributed by atoms with Crippen LogP contribution in [0.4, 0.5) is 5.69 Å². The minimum Gasteiger partial charge on any atom is -0.371 e. The van der Waals surface area contributed by atoms with Crippen molar-refractivity contribution in [3.05, 3.63) is 68.8 Å². The number of hydrogen-bond acceptors (Lipinski definition) is 5. The predicted molar refractivity (Wildman–Crippen MR) is 119 cm³/mol. The number of hydrogen-bond donors (Lipinski definition) is 3. The molecule has 0 saturated carbocycles. The van der Waals surface area contributed by atoms with Crippen LogP contribution in [-0.2, 0) is 20.7 Å². The first kappa shape index (κ1) is 21.0. The van der Waals surface area contributed by atoms with Crippen molar-refractivity contribution in [3.8, 4) is 0 Å². The van der Waals surface area contributed by atoms with Gasteiger partial charge in [-0.25, -0.2) is 0 Å². The molecule has 154 valence electrons. The molecule has 2 aliphatic heterocycles. The first-order valence-corrected chi connectivity index (χ1v) is 10.4. The Hall–Kier alpha value is -2.30. The topological polar surface area (TPSA) is 90.9 Å². The summed E-state index contributed by atoms with van der Waals surface area (Å²) in [6.45, 7) is -0.593. The molecule has 2 heterocycles. The van der Waals surface area contributed by atoms with Crippen LogP contribution in [0.3, 0.4) is 0 Å². The van der Waals surface area contributed by atoms with Crippen LogP contribution in [0.5, 0.6) is 0 Å². The lowest BCUT2D eigenvalue weighted by Crippen LogP contribution is -2.43. The number of ether oxygens (including phenoxy) is 1. The van der Waals surface area contributed by atoms with Crippen LogP contribution in [0.15, 0.2) is 52.6 Å². The van der Waals surface area contributed by atoms with Crippen LogP contribution >= 0.6 is 39.7 Å². The summed E-state index contributed by atoms with van der Waals surface area (Å²) in [4.78, 5) is 27.1. The van der Waals surface area contributed by atoms with E-state index in [0.29, 0.717) is 27.2 Å². The number of fused-ring (bicyclic) bond motifs is 1. The van der Waals surface area contributed by atoms with Gasteiger partial charge in [-0.2, -0.15) is 0 Å². The van der Waals surface area contributed by atoms with Crippen molar-refractivity contribution in [1.29, 1.82) is 0 Å². The average molecular weight is 509 g/mol. The van der Waals surface area contributed by atoms with Crippen LogP contribution in [0, 0.1) is 0 Å². The SMILES string of the molecule is O=C1Nc2cc(Cl)c(Br)cc2/C1=C1/NC(=S)N(C(Cc2ccccc2)OCO)C1=O. The van der Waals surface area contributed by atoms with E-state index in [1.165, 1.54) is 4.90 Å². The summed E-state index contributed by atoms with van der Waals surface area (Å²) in [5.41, 5.74) is 2.14. The van der Waals surface area contributed by atoms with E-state index in [9.17, 15) is 14.7 Å². The Morgan fingerprint density at radius 3 is 2.63 bits per heavy atom. The van der Waals surface area contributed by atoms with Crippen LogP contribution in [0.25, 0.3) is 5.57 Å². The van der Waals surface area contributed by atoms with Crippen molar-refractivity contribution in [1.82, 2.24) is 10.2 Å². The summed E-state index contributed by atoms with van der Waals surface area (Å²) >= 11 is 14.8. The van der Waals surface area contributed by atoms with Crippen molar-refractivity contribution >= 4 is 67.9 Å². The maximum atomic E-state index is 13.3. The van der Waals surface area contributed by atoms with Gasteiger partial charge in [-0.1, -0.05) is 41.9 Å². The summed E-state index contributed by atoms with van der Waals surface area (Å²) < 4.78 is 5.99. The summed E-state index contributed by atoms with van der Waals surface area (Å²) in [6.07, 6.45) is -0.537. The highest BCUT2D eigenvalue weighted by atomic mass is 79.9. The fourth-order valence-electron chi connectivity index (χ4n) is 3.40. The van der Waals surface area contributed by atoms with E-state index < -0.39 is 24.8 Å². The molecule has 1 unspecified atom stereocenters. The highest BCUT2D eigenvalue weighted by Gasteiger charge is 2.42. The molecule has 0 aromatic heterocycles. The van der Waals surface area contributed by atoms with Crippen LogP contribution < -0.4 is 10.6 Å². The quantitative estimate of drug-likeness (QED) is 0.327. The van der Waals surface area contributed by atoms with E-state index in [1.54, 1.807) is 12.1 Å². The van der Waals surface area contributed by atoms with Gasteiger partial charge in [0.25, 0.3) is 11.8 Å². The van der Waals surface area contributed by atoms with Crippen LogP contribution in [-0.4, -0.2) is 40.0 Å². The second-order valence-corrected chi connectivity index (χ2v) is 8.21. The van der Waals surface area contributed by atoms with Crippen molar-refractivity contribution < 1.29 is 19.4 Å². The van der Waals surface area contributed by atoms with Gasteiger partial charge in [0.1, 0.15) is 18.7 Å². The molecule has 0 radical (unpaired) electrons. The summed E-state index contributed by atoms with van der Waals surface area (Å²) in [6, 6.07) is 12.6. The standard InChI is InChI=1S/C20H15BrClN3O4S/c21-12-7-11-14(8-13(12)22)23-18(27)16(11)17-19(28)25(20(30)24-17)15(29-9-26)6-10-4-2-1-3-5-10/h1-5,7-8,15,26H,6,9H2,(H,23,27)(H,24,30)/b17-16-. The van der Waals surface area contributed by atoms with Gasteiger partial charge in [0.2, 0.25) is 0 Å². The molecular formula is C20H15BrClN3O4S. The minimum absolute atomic E-state index is 0.0464. The molecule has 3 N–H and O–H groups in total. The van der Waals surface area contributed by atoms with Gasteiger partial charge in [0, 0.05) is 16.5 Å². The molecule has 0 bridgehead atoms. The number of amides is 2. The van der Waals surface area contributed by atoms with Crippen LogP contribution in [0.2, 0.25) is 5.02 Å². The van der Waals surface area contributed by atoms with Crippen LogP contribution in [0.1, 0.15) is 11.1 Å². The number of carbonyl (C=O) groups is 2. The number of rotatable bonds is 5. The maximum absolute atomic E-state index is 13.3. The number of nitrogens with zero attached hydrogens (tertiary/aromatic N) is 1. The third kappa shape index (κ3) is 3.75. The Morgan fingerprint density at radius 1 is 1.20 bits per heavy atom. The molecule has 1 saturated heterocycles. The Balaban J connectivity index is 1.72. The number of benzene rings is 2. The molecule has 2 aromatic carbocycles. The highest BCUT2D eigenvalue weighted by Crippen LogP contribution is 2.40. The number of anilines is 1. The second kappa shape index (κ2) is 8.44. The Labute approximate surface area is 190 Å². The summed E-state index contributed by atoms with van der Waals surface area (Å²) in [5, 5.41) is 15.4. The molecule has 2 aromatic rings. The number of aliphatic hydroxyl groups excluding tert-OH is 1. The summed E-state index contributed by atoms with van der Waals surface area (Å²) in [5.74, 6) is -0.958. The zero-order valence-electron chi connectivity index (χ0n) is 15.3. The highest BCUT2D eigenvalue weighted by molar-refractivity contribution is 9.10. The molecule has 10 heteroatoms. The molecule has 30 heavy (non-hydrogen) atoms. The Morgan fingerprint density at radius 2 is 1.93 bits per heavy atom. The fourth-order valence-corrected chi connectivity index (χ4v) is 4.21. The number of aliphatic hydroxyl groups is 1. The monoisotopic (exact) mass is 507 g/mol. The molecular weight excluding hydrogens is 494 g/mol. The average Bonchev–Trinajstić information content (AvgIpc) is 3.17. The smallest absolute Gasteiger partial charge is 0.279 e. The second-order valence-electron chi connectivity index (χ2n) is 6.56. The third-order valence-electron chi connectivity index (χ3n) is 4.75. The minimum atomic E-state index is -0.844. The van der Waals surface area contributed by atoms with E-state index in [2.05, 4.69) is 26.6 Å². The van der Waals surface area contributed by atoms with E-state index in [1.807, 2.05) is 30.3 Å². The molecule has 7 nitrogen and oxygen atoms in total. The van der Waals surface area contributed by atoms with E-state index in [4.69, 9.17) is 28.6 Å². The molecule has 0 spiro atoms. The van der Waals surface area contributed by atoms with Gasteiger partial charge < -0.3 is 20.5 Å². The molecule has 4 rings (SSSR count). The zero-order valence-corrected chi connectivity index (χ0v) is 18.5. The molecule has 2 amide bonds. The predicted octanol–water partition coefficient (Wildman–Crippen LogP) is 3.02. The van der Waals surface area contributed by atoms with Crippen molar-refractivity contribution in [2.45, 2.75) is 12.6 Å².